The molecule has 0 unspecified atom stereocenters. The zero-order valence-corrected chi connectivity index (χ0v) is 10.6. The summed E-state index contributed by atoms with van der Waals surface area (Å²) in [6, 6.07) is 0.382. The molecule has 0 radical (unpaired) electrons. The Bertz CT molecular complexity index is 375. The Morgan fingerprint density at radius 1 is 1.39 bits per heavy atom. The number of carbonyl (C=O) groups is 1. The smallest absolute Gasteiger partial charge is 0.308 e. The minimum atomic E-state index is -0.0459. The first-order valence-corrected chi connectivity index (χ1v) is 6.48. The van der Waals surface area contributed by atoms with Crippen molar-refractivity contribution in [3.05, 3.63) is 18.6 Å². The Labute approximate surface area is 107 Å². The van der Waals surface area contributed by atoms with E-state index in [1.807, 2.05) is 6.92 Å². The van der Waals surface area contributed by atoms with E-state index in [4.69, 9.17) is 4.74 Å². The summed E-state index contributed by atoms with van der Waals surface area (Å²) < 4.78 is 5.05. The summed E-state index contributed by atoms with van der Waals surface area (Å²) in [4.78, 5) is 19.8. The predicted octanol–water partition coefficient (Wildman–Crippen LogP) is 2.01. The van der Waals surface area contributed by atoms with Gasteiger partial charge in [0.25, 0.3) is 0 Å². The van der Waals surface area contributed by atoms with Gasteiger partial charge in [0.05, 0.1) is 18.7 Å². The highest BCUT2D eigenvalue weighted by Gasteiger charge is 2.27. The van der Waals surface area contributed by atoms with E-state index in [1.165, 1.54) is 0 Å². The van der Waals surface area contributed by atoms with Gasteiger partial charge in [-0.05, 0) is 32.6 Å². The fourth-order valence-corrected chi connectivity index (χ4v) is 2.32. The molecule has 0 aromatic carbocycles. The highest BCUT2D eigenvalue weighted by molar-refractivity contribution is 5.72. The van der Waals surface area contributed by atoms with Gasteiger partial charge < -0.3 is 10.1 Å². The van der Waals surface area contributed by atoms with Crippen molar-refractivity contribution in [2.24, 2.45) is 5.92 Å². The third-order valence-corrected chi connectivity index (χ3v) is 3.26. The first-order valence-electron chi connectivity index (χ1n) is 6.48. The third-order valence-electron chi connectivity index (χ3n) is 3.26. The maximum atomic E-state index is 11.6. The molecule has 1 heterocycles. The van der Waals surface area contributed by atoms with E-state index >= 15 is 0 Å². The van der Waals surface area contributed by atoms with Crippen LogP contribution in [0.4, 0.5) is 5.82 Å². The van der Waals surface area contributed by atoms with E-state index in [9.17, 15) is 4.79 Å². The van der Waals surface area contributed by atoms with Gasteiger partial charge in [0.2, 0.25) is 0 Å². The summed E-state index contributed by atoms with van der Waals surface area (Å²) in [5.74, 6) is 0.831. The third kappa shape index (κ3) is 3.42. The second kappa shape index (κ2) is 6.33. The van der Waals surface area contributed by atoms with Crippen LogP contribution in [0.15, 0.2) is 18.6 Å². The molecule has 1 N–H and O–H groups in total. The van der Waals surface area contributed by atoms with Crippen molar-refractivity contribution in [2.75, 3.05) is 11.9 Å². The van der Waals surface area contributed by atoms with Crippen LogP contribution in [0.3, 0.4) is 0 Å². The van der Waals surface area contributed by atoms with E-state index in [2.05, 4.69) is 15.3 Å². The molecular weight excluding hydrogens is 230 g/mol. The number of aromatic nitrogens is 2. The van der Waals surface area contributed by atoms with Gasteiger partial charge >= 0.3 is 5.97 Å². The van der Waals surface area contributed by atoms with Gasteiger partial charge in [0.1, 0.15) is 5.82 Å². The molecule has 5 heteroatoms. The molecule has 0 spiro atoms. The Morgan fingerprint density at radius 2 is 2.17 bits per heavy atom. The molecule has 1 aliphatic rings. The second-order valence-corrected chi connectivity index (χ2v) is 4.54. The average Bonchev–Trinajstić information content (AvgIpc) is 2.41. The Hall–Kier alpha value is -1.65. The van der Waals surface area contributed by atoms with E-state index in [1.54, 1.807) is 18.6 Å². The summed E-state index contributed by atoms with van der Waals surface area (Å²) in [5, 5.41) is 3.35. The summed E-state index contributed by atoms with van der Waals surface area (Å²) >= 11 is 0. The summed E-state index contributed by atoms with van der Waals surface area (Å²) in [6.07, 6.45) is 8.76. The minimum Gasteiger partial charge on any atom is -0.466 e. The number of hydrogen-bond donors (Lipinski definition) is 1. The van der Waals surface area contributed by atoms with Crippen molar-refractivity contribution in [3.63, 3.8) is 0 Å². The van der Waals surface area contributed by atoms with E-state index in [0.717, 1.165) is 31.5 Å². The molecule has 0 amide bonds. The number of hydrogen-bond acceptors (Lipinski definition) is 5. The van der Waals surface area contributed by atoms with Gasteiger partial charge in [-0.15, -0.1) is 0 Å². The van der Waals surface area contributed by atoms with Gasteiger partial charge in [0, 0.05) is 18.4 Å². The van der Waals surface area contributed by atoms with Crippen LogP contribution in [0.25, 0.3) is 0 Å². The van der Waals surface area contributed by atoms with E-state index < -0.39 is 0 Å². The summed E-state index contributed by atoms with van der Waals surface area (Å²) in [6.45, 7) is 2.32. The van der Waals surface area contributed by atoms with E-state index in [-0.39, 0.29) is 11.9 Å². The molecule has 1 aliphatic carbocycles. The van der Waals surface area contributed by atoms with Crippen LogP contribution in [0.2, 0.25) is 0 Å². The van der Waals surface area contributed by atoms with Crippen LogP contribution in [-0.4, -0.2) is 28.6 Å². The number of ether oxygens (including phenoxy) is 1. The highest BCUT2D eigenvalue weighted by atomic mass is 16.5. The Morgan fingerprint density at radius 3 is 2.78 bits per heavy atom. The van der Waals surface area contributed by atoms with Gasteiger partial charge in [-0.2, -0.15) is 0 Å². The molecule has 0 saturated heterocycles. The Kier molecular flexibility index (Phi) is 4.50. The molecule has 1 aromatic heterocycles. The van der Waals surface area contributed by atoms with Crippen LogP contribution in [0, 0.1) is 5.92 Å². The lowest BCUT2D eigenvalue weighted by Gasteiger charge is -2.28. The van der Waals surface area contributed by atoms with Gasteiger partial charge in [-0.1, -0.05) is 0 Å². The molecule has 5 nitrogen and oxygen atoms in total. The lowest BCUT2D eigenvalue weighted by atomic mass is 9.86. The van der Waals surface area contributed by atoms with Crippen molar-refractivity contribution in [1.82, 2.24) is 9.97 Å². The molecule has 1 aromatic rings. The van der Waals surface area contributed by atoms with Crippen LogP contribution in [0.1, 0.15) is 32.6 Å². The molecule has 0 atom stereocenters. The fourth-order valence-electron chi connectivity index (χ4n) is 2.32. The molecule has 18 heavy (non-hydrogen) atoms. The SMILES string of the molecule is CCOC(=O)C1CCC(Nc2cnccn2)CC1. The molecule has 2 rings (SSSR count). The molecule has 1 saturated carbocycles. The van der Waals surface area contributed by atoms with E-state index in [0.29, 0.717) is 12.6 Å². The Balaban J connectivity index is 1.78. The minimum absolute atomic E-state index is 0.0459. The zero-order valence-electron chi connectivity index (χ0n) is 10.6. The monoisotopic (exact) mass is 249 g/mol. The van der Waals surface area contributed by atoms with Gasteiger partial charge in [-0.3, -0.25) is 9.78 Å². The van der Waals surface area contributed by atoms with Crippen LogP contribution in [-0.2, 0) is 9.53 Å². The number of anilines is 1. The number of rotatable bonds is 4. The van der Waals surface area contributed by atoms with Crippen LogP contribution in [0.5, 0.6) is 0 Å². The summed E-state index contributed by atoms with van der Waals surface area (Å²) in [7, 11) is 0. The maximum absolute atomic E-state index is 11.6. The normalized spacial score (nSPS) is 23.4. The quantitative estimate of drug-likeness (QED) is 0.827. The molecule has 0 bridgehead atoms. The maximum Gasteiger partial charge on any atom is 0.308 e. The lowest BCUT2D eigenvalue weighted by Crippen LogP contribution is -2.30. The average molecular weight is 249 g/mol. The number of carbonyl (C=O) groups excluding carboxylic acids is 1. The molecule has 0 aliphatic heterocycles. The zero-order chi connectivity index (χ0) is 12.8. The molecular formula is C13H19N3O2. The number of esters is 1. The first kappa shape index (κ1) is 12.8. The van der Waals surface area contributed by atoms with Gasteiger partial charge in [-0.25, -0.2) is 4.98 Å². The molecule has 1 fully saturated rings. The van der Waals surface area contributed by atoms with Crippen molar-refractivity contribution in [2.45, 2.75) is 38.6 Å². The fraction of sp³-hybridized carbons (Fsp3) is 0.615. The van der Waals surface area contributed by atoms with Crippen LogP contribution >= 0.6 is 0 Å². The number of nitrogens with one attached hydrogen (secondary N) is 1. The van der Waals surface area contributed by atoms with Gasteiger partial charge in [0.15, 0.2) is 0 Å². The topological polar surface area (TPSA) is 64.1 Å². The largest absolute Gasteiger partial charge is 0.466 e. The van der Waals surface area contributed by atoms with Crippen molar-refractivity contribution < 1.29 is 9.53 Å². The van der Waals surface area contributed by atoms with Crippen molar-refractivity contribution >= 4 is 11.8 Å². The van der Waals surface area contributed by atoms with Crippen molar-refractivity contribution in [1.29, 1.82) is 0 Å². The first-order chi connectivity index (χ1) is 8.79. The number of nitrogens with zero attached hydrogens (tertiary/aromatic N) is 2. The lowest BCUT2D eigenvalue weighted by molar-refractivity contribution is -0.149. The standard InChI is InChI=1S/C13H19N3O2/c1-2-18-13(17)10-3-5-11(6-4-10)16-12-9-14-7-8-15-12/h7-11H,2-6H2,1H3,(H,15,16). The van der Waals surface area contributed by atoms with Crippen molar-refractivity contribution in [3.8, 4) is 0 Å². The second-order valence-electron chi connectivity index (χ2n) is 4.54. The van der Waals surface area contributed by atoms with Crippen LogP contribution < -0.4 is 5.32 Å². The molecule has 98 valence electrons. The summed E-state index contributed by atoms with van der Waals surface area (Å²) in [5.41, 5.74) is 0. The highest BCUT2D eigenvalue weighted by Crippen LogP contribution is 2.26. The predicted molar refractivity (Wildman–Crippen MR) is 68.0 cm³/mol.